The summed E-state index contributed by atoms with van der Waals surface area (Å²) >= 11 is 0. The van der Waals surface area contributed by atoms with Crippen LogP contribution in [-0.2, 0) is 4.79 Å². The Balaban J connectivity index is 2.94. The normalized spacial score (nSPS) is 16.1. The van der Waals surface area contributed by atoms with Gasteiger partial charge >= 0.3 is 5.97 Å². The molecule has 0 amide bonds. The van der Waals surface area contributed by atoms with E-state index in [1.54, 1.807) is 31.2 Å². The number of rotatable bonds is 5. The van der Waals surface area contributed by atoms with E-state index in [2.05, 4.69) is 6.58 Å². The van der Waals surface area contributed by atoms with Gasteiger partial charge in [-0.05, 0) is 18.9 Å². The Kier molecular flexibility index (Phi) is 3.85. The quantitative estimate of drug-likeness (QED) is 0.748. The van der Waals surface area contributed by atoms with Crippen LogP contribution in [0.1, 0.15) is 24.8 Å². The van der Waals surface area contributed by atoms with Gasteiger partial charge in [0.05, 0.1) is 11.5 Å². The van der Waals surface area contributed by atoms with Crippen LogP contribution >= 0.6 is 0 Å². The van der Waals surface area contributed by atoms with Gasteiger partial charge in [0.2, 0.25) is 0 Å². The lowest BCUT2D eigenvalue weighted by molar-refractivity contribution is -0.140. The van der Waals surface area contributed by atoms with Crippen LogP contribution in [0.4, 0.5) is 0 Å². The molecule has 0 radical (unpaired) electrons. The van der Waals surface area contributed by atoms with Crippen molar-refractivity contribution in [3.05, 3.63) is 48.6 Å². The zero-order valence-electron chi connectivity index (χ0n) is 9.26. The molecule has 0 heterocycles. The van der Waals surface area contributed by atoms with Crippen molar-refractivity contribution in [3.63, 3.8) is 0 Å². The second-order valence-electron chi connectivity index (χ2n) is 4.07. The van der Waals surface area contributed by atoms with Crippen molar-refractivity contribution >= 4 is 5.97 Å². The molecule has 1 aromatic carbocycles. The van der Waals surface area contributed by atoms with Crippen LogP contribution in [0.2, 0.25) is 0 Å². The van der Waals surface area contributed by atoms with Gasteiger partial charge in [-0.15, -0.1) is 6.58 Å². The number of aliphatic hydroxyl groups is 1. The van der Waals surface area contributed by atoms with Crippen LogP contribution in [0.5, 0.6) is 0 Å². The fourth-order valence-corrected chi connectivity index (χ4v) is 1.53. The number of aliphatic carboxylic acids is 1. The van der Waals surface area contributed by atoms with Gasteiger partial charge in [0.25, 0.3) is 0 Å². The Labute approximate surface area is 95.0 Å². The minimum absolute atomic E-state index is 0.121. The molecular weight excluding hydrogens is 204 g/mol. The molecule has 0 saturated carbocycles. The van der Waals surface area contributed by atoms with Crippen molar-refractivity contribution in [1.29, 1.82) is 0 Å². The van der Waals surface area contributed by atoms with E-state index in [9.17, 15) is 9.90 Å². The Hall–Kier alpha value is -1.61. The summed E-state index contributed by atoms with van der Waals surface area (Å²) in [7, 11) is 0. The van der Waals surface area contributed by atoms with Crippen LogP contribution in [0.25, 0.3) is 0 Å². The summed E-state index contributed by atoms with van der Waals surface area (Å²) in [5, 5.41) is 19.0. The molecule has 0 spiro atoms. The van der Waals surface area contributed by atoms with Crippen molar-refractivity contribution in [3.8, 4) is 0 Å². The summed E-state index contributed by atoms with van der Waals surface area (Å²) in [5.41, 5.74) is -0.476. The second kappa shape index (κ2) is 4.94. The lowest BCUT2D eigenvalue weighted by atomic mass is 9.87. The lowest BCUT2D eigenvalue weighted by Gasteiger charge is -2.23. The van der Waals surface area contributed by atoms with Gasteiger partial charge in [0.15, 0.2) is 0 Å². The maximum absolute atomic E-state index is 11.1. The van der Waals surface area contributed by atoms with Crippen LogP contribution in [-0.4, -0.2) is 21.8 Å². The highest BCUT2D eigenvalue weighted by molar-refractivity contribution is 5.76. The smallest absolute Gasteiger partial charge is 0.311 e. The van der Waals surface area contributed by atoms with Gasteiger partial charge in [-0.1, -0.05) is 36.4 Å². The van der Waals surface area contributed by atoms with E-state index in [0.717, 1.165) is 0 Å². The first kappa shape index (κ1) is 12.5. The predicted molar refractivity (Wildman–Crippen MR) is 62.3 cm³/mol. The minimum atomic E-state index is -1.17. The van der Waals surface area contributed by atoms with Crippen molar-refractivity contribution in [2.24, 2.45) is 0 Å². The molecule has 0 aliphatic rings. The second-order valence-corrected chi connectivity index (χ2v) is 4.07. The molecule has 16 heavy (non-hydrogen) atoms. The summed E-state index contributed by atoms with van der Waals surface area (Å²) in [6, 6.07) is 8.89. The molecule has 1 rings (SSSR count). The van der Waals surface area contributed by atoms with Crippen molar-refractivity contribution < 1.29 is 15.0 Å². The molecule has 0 fully saturated rings. The molecule has 0 bridgehead atoms. The Morgan fingerprint density at radius 1 is 1.50 bits per heavy atom. The number of carbonyl (C=O) groups is 1. The molecule has 3 heteroatoms. The van der Waals surface area contributed by atoms with Gasteiger partial charge in [-0.25, -0.2) is 0 Å². The van der Waals surface area contributed by atoms with E-state index in [0.29, 0.717) is 5.56 Å². The van der Waals surface area contributed by atoms with E-state index in [1.807, 2.05) is 6.07 Å². The third-order valence-electron chi connectivity index (χ3n) is 2.56. The number of carboxylic acid groups (broad SMARTS) is 1. The molecule has 2 atom stereocenters. The Morgan fingerprint density at radius 3 is 2.50 bits per heavy atom. The molecule has 0 aliphatic carbocycles. The highest BCUT2D eigenvalue weighted by Crippen LogP contribution is 2.26. The number of carboxylic acids is 1. The molecule has 1 aromatic rings. The van der Waals surface area contributed by atoms with Crippen LogP contribution in [0.15, 0.2) is 43.0 Å². The summed E-state index contributed by atoms with van der Waals surface area (Å²) in [4.78, 5) is 11.1. The van der Waals surface area contributed by atoms with Crippen molar-refractivity contribution in [1.82, 2.24) is 0 Å². The molecule has 0 aliphatic heterocycles. The monoisotopic (exact) mass is 220 g/mol. The van der Waals surface area contributed by atoms with E-state index < -0.39 is 17.5 Å². The molecule has 2 N–H and O–H groups in total. The summed E-state index contributed by atoms with van der Waals surface area (Å²) in [6.45, 7) is 5.05. The van der Waals surface area contributed by atoms with Crippen LogP contribution < -0.4 is 0 Å². The molecule has 0 saturated heterocycles. The maximum Gasteiger partial charge on any atom is 0.311 e. The average molecular weight is 220 g/mol. The molecular formula is C13H16O3. The third-order valence-corrected chi connectivity index (χ3v) is 2.56. The lowest BCUT2D eigenvalue weighted by Crippen LogP contribution is -2.27. The average Bonchev–Trinajstić information content (AvgIpc) is 2.27. The first-order valence-corrected chi connectivity index (χ1v) is 5.10. The molecule has 0 aromatic heterocycles. The van der Waals surface area contributed by atoms with Crippen molar-refractivity contribution in [2.75, 3.05) is 0 Å². The first-order chi connectivity index (χ1) is 7.46. The minimum Gasteiger partial charge on any atom is -0.481 e. The van der Waals surface area contributed by atoms with Gasteiger partial charge in [0, 0.05) is 0 Å². The van der Waals surface area contributed by atoms with Gasteiger partial charge < -0.3 is 10.2 Å². The number of hydrogen-bond donors (Lipinski definition) is 2. The van der Waals surface area contributed by atoms with Gasteiger partial charge in [-0.3, -0.25) is 4.79 Å². The highest BCUT2D eigenvalue weighted by atomic mass is 16.4. The van der Waals surface area contributed by atoms with Crippen LogP contribution in [0.3, 0.4) is 0 Å². The van der Waals surface area contributed by atoms with Crippen LogP contribution in [0, 0.1) is 0 Å². The number of hydrogen-bond acceptors (Lipinski definition) is 2. The molecule has 86 valence electrons. The van der Waals surface area contributed by atoms with E-state index in [1.165, 1.54) is 6.08 Å². The predicted octanol–water partition coefficient (Wildman–Crippen LogP) is 2.18. The van der Waals surface area contributed by atoms with Gasteiger partial charge in [-0.2, -0.15) is 0 Å². The number of benzene rings is 1. The maximum atomic E-state index is 11.1. The fraction of sp³-hybridized carbons (Fsp3) is 0.308. The zero-order valence-corrected chi connectivity index (χ0v) is 9.26. The van der Waals surface area contributed by atoms with E-state index in [4.69, 9.17) is 5.11 Å². The summed E-state index contributed by atoms with van der Waals surface area (Å²) in [5.74, 6) is -1.65. The highest BCUT2D eigenvalue weighted by Gasteiger charge is 2.28. The Bertz CT molecular complexity index is 368. The van der Waals surface area contributed by atoms with E-state index >= 15 is 0 Å². The fourth-order valence-electron chi connectivity index (χ4n) is 1.53. The standard InChI is InChI=1S/C13H16O3/c1-3-13(2,16)9-11(12(14)15)10-7-5-4-6-8-10/h3-8,11,16H,1,9H2,2H3,(H,14,15)/t11-,13+/m1/s1. The topological polar surface area (TPSA) is 57.5 Å². The summed E-state index contributed by atoms with van der Waals surface area (Å²) in [6.07, 6.45) is 1.49. The van der Waals surface area contributed by atoms with Gasteiger partial charge in [0.1, 0.15) is 0 Å². The first-order valence-electron chi connectivity index (χ1n) is 5.10. The Morgan fingerprint density at radius 2 is 2.06 bits per heavy atom. The van der Waals surface area contributed by atoms with E-state index in [-0.39, 0.29) is 6.42 Å². The SMILES string of the molecule is C=C[C@](C)(O)C[C@@H](C(=O)O)c1ccccc1. The zero-order chi connectivity index (χ0) is 12.2. The molecule has 0 unspecified atom stereocenters. The third kappa shape index (κ3) is 3.21. The van der Waals surface area contributed by atoms with Crippen molar-refractivity contribution in [2.45, 2.75) is 24.9 Å². The summed E-state index contributed by atoms with van der Waals surface area (Å²) < 4.78 is 0. The largest absolute Gasteiger partial charge is 0.481 e. The molecule has 3 nitrogen and oxygen atoms in total.